The van der Waals surface area contributed by atoms with Crippen molar-refractivity contribution in [1.29, 1.82) is 0 Å². The summed E-state index contributed by atoms with van der Waals surface area (Å²) >= 11 is 3.82. The molecule has 5 heteroatoms. The molecule has 0 amide bonds. The molecule has 0 bridgehead atoms. The van der Waals surface area contributed by atoms with Crippen LogP contribution in [0.25, 0.3) is 0 Å². The van der Waals surface area contributed by atoms with Crippen molar-refractivity contribution in [3.05, 3.63) is 0 Å². The van der Waals surface area contributed by atoms with Gasteiger partial charge in [0.05, 0.1) is 10.7 Å². The standard InChI is InChI=1S/C12H20O3S2/c13-6-4-12(16-9-10-17-12)5-8-15-11-3-1-2-7-14-11/h6,11H,1-5,7-10H2. The lowest BCUT2D eigenvalue weighted by molar-refractivity contribution is -0.162. The summed E-state index contributed by atoms with van der Waals surface area (Å²) in [6, 6.07) is 0. The summed E-state index contributed by atoms with van der Waals surface area (Å²) in [5.74, 6) is 2.30. The van der Waals surface area contributed by atoms with E-state index in [4.69, 9.17) is 9.47 Å². The van der Waals surface area contributed by atoms with Gasteiger partial charge in [-0.3, -0.25) is 0 Å². The Morgan fingerprint density at radius 3 is 2.82 bits per heavy atom. The Kier molecular flexibility index (Phi) is 5.66. The predicted octanol–water partition coefficient (Wildman–Crippen LogP) is 2.69. The van der Waals surface area contributed by atoms with Gasteiger partial charge in [0.1, 0.15) is 6.29 Å². The average Bonchev–Trinajstić information content (AvgIpc) is 2.80. The highest BCUT2D eigenvalue weighted by atomic mass is 32.2. The summed E-state index contributed by atoms with van der Waals surface area (Å²) in [4.78, 5) is 10.7. The van der Waals surface area contributed by atoms with Crippen LogP contribution >= 0.6 is 23.5 Å². The van der Waals surface area contributed by atoms with Crippen LogP contribution in [0.2, 0.25) is 0 Å². The van der Waals surface area contributed by atoms with Gasteiger partial charge < -0.3 is 14.3 Å². The summed E-state index contributed by atoms with van der Waals surface area (Å²) in [7, 11) is 0. The van der Waals surface area contributed by atoms with E-state index in [1.165, 1.54) is 6.42 Å². The second kappa shape index (κ2) is 7.02. The van der Waals surface area contributed by atoms with Crippen LogP contribution in [0.1, 0.15) is 32.1 Å². The third-order valence-corrected chi connectivity index (χ3v) is 6.71. The Labute approximate surface area is 111 Å². The van der Waals surface area contributed by atoms with Crippen molar-refractivity contribution in [3.8, 4) is 0 Å². The molecule has 2 aliphatic rings. The van der Waals surface area contributed by atoms with Crippen molar-refractivity contribution in [2.75, 3.05) is 24.7 Å². The number of hydrogen-bond acceptors (Lipinski definition) is 5. The maximum Gasteiger partial charge on any atom is 0.157 e. The lowest BCUT2D eigenvalue weighted by Crippen LogP contribution is -2.26. The Bertz CT molecular complexity index is 236. The van der Waals surface area contributed by atoms with Gasteiger partial charge >= 0.3 is 0 Å². The quantitative estimate of drug-likeness (QED) is 0.697. The Morgan fingerprint density at radius 1 is 1.35 bits per heavy atom. The zero-order valence-corrected chi connectivity index (χ0v) is 11.7. The molecule has 0 spiro atoms. The molecule has 0 N–H and O–H groups in total. The summed E-state index contributed by atoms with van der Waals surface area (Å²) in [5.41, 5.74) is 0. The van der Waals surface area contributed by atoms with Gasteiger partial charge in [0.2, 0.25) is 0 Å². The Balaban J connectivity index is 1.69. The zero-order valence-electron chi connectivity index (χ0n) is 10.1. The molecule has 0 aromatic heterocycles. The molecule has 0 saturated carbocycles. The molecule has 2 heterocycles. The molecule has 1 unspecified atom stereocenters. The van der Waals surface area contributed by atoms with E-state index in [0.717, 1.165) is 43.7 Å². The second-order valence-corrected chi connectivity index (χ2v) is 7.61. The van der Waals surface area contributed by atoms with Gasteiger partial charge in [-0.25, -0.2) is 0 Å². The molecular formula is C12H20O3S2. The van der Waals surface area contributed by atoms with Gasteiger partial charge in [-0.2, -0.15) is 0 Å². The minimum Gasteiger partial charge on any atom is -0.353 e. The molecule has 17 heavy (non-hydrogen) atoms. The van der Waals surface area contributed by atoms with Crippen molar-refractivity contribution in [3.63, 3.8) is 0 Å². The third kappa shape index (κ3) is 4.16. The summed E-state index contributed by atoms with van der Waals surface area (Å²) in [6.45, 7) is 1.53. The summed E-state index contributed by atoms with van der Waals surface area (Å²) in [5, 5.41) is 0. The van der Waals surface area contributed by atoms with Crippen LogP contribution in [0.3, 0.4) is 0 Å². The highest BCUT2D eigenvalue weighted by Crippen LogP contribution is 2.48. The number of carbonyl (C=O) groups excluding carboxylic acids is 1. The fourth-order valence-electron chi connectivity index (χ4n) is 2.18. The minimum absolute atomic E-state index is 0.00608. The Morgan fingerprint density at radius 2 is 2.18 bits per heavy atom. The topological polar surface area (TPSA) is 35.5 Å². The zero-order chi connectivity index (χ0) is 12.0. The van der Waals surface area contributed by atoms with Gasteiger partial charge in [0.15, 0.2) is 6.29 Å². The van der Waals surface area contributed by atoms with E-state index in [-0.39, 0.29) is 10.4 Å². The van der Waals surface area contributed by atoms with Crippen LogP contribution in [0, 0.1) is 0 Å². The van der Waals surface area contributed by atoms with Gasteiger partial charge in [0, 0.05) is 24.5 Å². The van der Waals surface area contributed by atoms with Gasteiger partial charge in [-0.1, -0.05) is 0 Å². The third-order valence-electron chi connectivity index (χ3n) is 3.13. The molecule has 2 aliphatic heterocycles. The van der Waals surface area contributed by atoms with Crippen molar-refractivity contribution in [1.82, 2.24) is 0 Å². The van der Waals surface area contributed by atoms with Crippen molar-refractivity contribution < 1.29 is 14.3 Å². The van der Waals surface area contributed by atoms with Crippen LogP contribution in [0.4, 0.5) is 0 Å². The monoisotopic (exact) mass is 276 g/mol. The minimum atomic E-state index is -0.00608. The summed E-state index contributed by atoms with van der Waals surface area (Å²) < 4.78 is 11.4. The molecule has 0 aromatic carbocycles. The molecule has 0 aromatic rings. The molecular weight excluding hydrogens is 256 g/mol. The molecule has 2 rings (SSSR count). The van der Waals surface area contributed by atoms with Crippen LogP contribution in [-0.2, 0) is 14.3 Å². The average molecular weight is 276 g/mol. The molecule has 3 nitrogen and oxygen atoms in total. The largest absolute Gasteiger partial charge is 0.353 e. The number of aldehydes is 1. The van der Waals surface area contributed by atoms with E-state index in [0.29, 0.717) is 13.0 Å². The number of rotatable bonds is 6. The highest BCUT2D eigenvalue weighted by molar-refractivity contribution is 8.21. The van der Waals surface area contributed by atoms with Crippen LogP contribution in [0.5, 0.6) is 0 Å². The van der Waals surface area contributed by atoms with Gasteiger partial charge in [-0.05, 0) is 25.7 Å². The lowest BCUT2D eigenvalue weighted by atomic mass is 10.2. The first-order valence-electron chi connectivity index (χ1n) is 6.29. The number of carbonyl (C=O) groups is 1. The number of ether oxygens (including phenoxy) is 2. The van der Waals surface area contributed by atoms with E-state index in [2.05, 4.69) is 0 Å². The van der Waals surface area contributed by atoms with Crippen LogP contribution < -0.4 is 0 Å². The lowest BCUT2D eigenvalue weighted by Gasteiger charge is -2.27. The first-order valence-corrected chi connectivity index (χ1v) is 8.26. The van der Waals surface area contributed by atoms with E-state index in [9.17, 15) is 4.79 Å². The second-order valence-electron chi connectivity index (χ2n) is 4.40. The molecule has 0 radical (unpaired) electrons. The fourth-order valence-corrected chi connectivity index (χ4v) is 5.25. The predicted molar refractivity (Wildman–Crippen MR) is 72.5 cm³/mol. The van der Waals surface area contributed by atoms with Crippen LogP contribution in [-0.4, -0.2) is 41.4 Å². The number of hydrogen-bond donors (Lipinski definition) is 0. The normalized spacial score (nSPS) is 28.1. The number of thioether (sulfide) groups is 2. The summed E-state index contributed by atoms with van der Waals surface area (Å²) in [6.07, 6.45) is 5.99. The first kappa shape index (κ1) is 13.7. The fraction of sp³-hybridized carbons (Fsp3) is 0.917. The highest BCUT2D eigenvalue weighted by Gasteiger charge is 2.35. The van der Waals surface area contributed by atoms with Crippen molar-refractivity contribution in [2.45, 2.75) is 42.5 Å². The van der Waals surface area contributed by atoms with Gasteiger partial charge in [-0.15, -0.1) is 23.5 Å². The van der Waals surface area contributed by atoms with Gasteiger partial charge in [0.25, 0.3) is 0 Å². The van der Waals surface area contributed by atoms with Crippen molar-refractivity contribution in [2.24, 2.45) is 0 Å². The first-order chi connectivity index (χ1) is 8.35. The Hall–Kier alpha value is 0.290. The maximum absolute atomic E-state index is 10.7. The SMILES string of the molecule is O=CCC1(CCOC2CCCCO2)SCCS1. The van der Waals surface area contributed by atoms with Crippen molar-refractivity contribution >= 4 is 29.8 Å². The molecule has 98 valence electrons. The maximum atomic E-state index is 10.7. The molecule has 2 fully saturated rings. The van der Waals surface area contributed by atoms with Crippen LogP contribution in [0.15, 0.2) is 0 Å². The molecule has 1 atom stereocenters. The van der Waals surface area contributed by atoms with E-state index < -0.39 is 0 Å². The van der Waals surface area contributed by atoms with E-state index >= 15 is 0 Å². The van der Waals surface area contributed by atoms with E-state index in [1.807, 2.05) is 23.5 Å². The van der Waals surface area contributed by atoms with E-state index in [1.54, 1.807) is 0 Å². The molecule has 0 aliphatic carbocycles. The smallest absolute Gasteiger partial charge is 0.157 e. The molecule has 2 saturated heterocycles.